The van der Waals surface area contributed by atoms with Gasteiger partial charge in [-0.15, -0.1) is 0 Å². The molecular weight excluding hydrogens is 290 g/mol. The number of rotatable bonds is 2. The maximum atomic E-state index is 7.92. The first-order valence-electron chi connectivity index (χ1n) is 5.41. The van der Waals surface area contributed by atoms with Crippen molar-refractivity contribution in [3.8, 4) is 0 Å². The van der Waals surface area contributed by atoms with Crippen molar-refractivity contribution in [3.05, 3.63) is 70.2 Å². The number of hydrogen-bond donors (Lipinski definition) is 2. The molecule has 0 aromatic heterocycles. The largest absolute Gasteiger partial charge is 0.383 e. The lowest BCUT2D eigenvalue weighted by Gasteiger charge is -2.02. The second-order valence-electron chi connectivity index (χ2n) is 3.72. The van der Waals surface area contributed by atoms with E-state index in [2.05, 4.69) is 20.9 Å². The summed E-state index contributed by atoms with van der Waals surface area (Å²) >= 11 is 3.37. The minimum atomic E-state index is 0.151. The Morgan fingerprint density at radius 1 is 1.00 bits per heavy atom. The van der Waals surface area contributed by atoms with Crippen LogP contribution in [0.3, 0.4) is 0 Å². The summed E-state index contributed by atoms with van der Waals surface area (Å²) in [5.74, 6) is 0.498. The van der Waals surface area contributed by atoms with Gasteiger partial charge in [0.15, 0.2) is 5.84 Å². The van der Waals surface area contributed by atoms with Gasteiger partial charge in [-0.25, -0.2) is 4.99 Å². The summed E-state index contributed by atoms with van der Waals surface area (Å²) in [5.41, 5.74) is 7.41. The van der Waals surface area contributed by atoms with Gasteiger partial charge in [0.1, 0.15) is 5.84 Å². The molecule has 90 valence electrons. The average Bonchev–Trinajstić information content (AvgIpc) is 2.39. The number of aliphatic imine (C=N–C) groups is 1. The first-order valence-corrected chi connectivity index (χ1v) is 6.20. The number of halogens is 1. The molecule has 0 spiro atoms. The number of amidine groups is 2. The predicted octanol–water partition coefficient (Wildman–Crippen LogP) is 3.18. The molecule has 2 aromatic carbocycles. The Kier molecular flexibility index (Phi) is 3.89. The topological polar surface area (TPSA) is 62.2 Å². The number of hydrogen-bond acceptors (Lipinski definition) is 1. The number of nitrogens with zero attached hydrogens (tertiary/aromatic N) is 1. The van der Waals surface area contributed by atoms with Crippen LogP contribution in [-0.4, -0.2) is 11.7 Å². The fraction of sp³-hybridized carbons (Fsp3) is 0. The minimum Gasteiger partial charge on any atom is -0.383 e. The highest BCUT2D eigenvalue weighted by molar-refractivity contribution is 9.10. The summed E-state index contributed by atoms with van der Waals surface area (Å²) in [6, 6.07) is 16.9. The molecule has 0 saturated heterocycles. The van der Waals surface area contributed by atoms with E-state index in [0.29, 0.717) is 5.84 Å². The van der Waals surface area contributed by atoms with Crippen molar-refractivity contribution in [1.29, 1.82) is 5.41 Å². The van der Waals surface area contributed by atoms with Gasteiger partial charge in [0.05, 0.1) is 0 Å². The van der Waals surface area contributed by atoms with E-state index in [9.17, 15) is 0 Å². The van der Waals surface area contributed by atoms with Gasteiger partial charge in [-0.3, -0.25) is 5.41 Å². The SMILES string of the molecule is N=C(N=C(N)c1ccccc1)c1cccc(Br)c1. The summed E-state index contributed by atoms with van der Waals surface area (Å²) < 4.78 is 0.915. The Labute approximate surface area is 114 Å². The van der Waals surface area contributed by atoms with Gasteiger partial charge in [0.25, 0.3) is 0 Å². The number of benzene rings is 2. The third kappa shape index (κ3) is 3.05. The zero-order valence-corrected chi connectivity index (χ0v) is 11.2. The van der Waals surface area contributed by atoms with Crippen LogP contribution in [0.1, 0.15) is 11.1 Å². The molecule has 0 aliphatic carbocycles. The lowest BCUT2D eigenvalue weighted by Crippen LogP contribution is -2.15. The minimum absolute atomic E-state index is 0.151. The van der Waals surface area contributed by atoms with Crippen molar-refractivity contribution in [3.63, 3.8) is 0 Å². The number of nitrogens with one attached hydrogen (secondary N) is 1. The van der Waals surface area contributed by atoms with Crippen molar-refractivity contribution in [1.82, 2.24) is 0 Å². The highest BCUT2D eigenvalue weighted by Crippen LogP contribution is 2.12. The summed E-state index contributed by atoms with van der Waals surface area (Å²) in [7, 11) is 0. The molecule has 3 N–H and O–H groups in total. The van der Waals surface area contributed by atoms with E-state index in [1.54, 1.807) is 0 Å². The smallest absolute Gasteiger partial charge is 0.154 e. The summed E-state index contributed by atoms with van der Waals surface area (Å²) in [4.78, 5) is 4.12. The van der Waals surface area contributed by atoms with Crippen LogP contribution in [0.25, 0.3) is 0 Å². The third-order valence-corrected chi connectivity index (χ3v) is 2.89. The Bertz CT molecular complexity index is 591. The molecule has 0 heterocycles. The van der Waals surface area contributed by atoms with E-state index in [1.165, 1.54) is 0 Å². The first kappa shape index (κ1) is 12.5. The molecule has 2 rings (SSSR count). The monoisotopic (exact) mass is 301 g/mol. The number of nitrogens with two attached hydrogens (primary N) is 1. The van der Waals surface area contributed by atoms with E-state index >= 15 is 0 Å². The molecule has 0 aliphatic heterocycles. The van der Waals surface area contributed by atoms with E-state index in [4.69, 9.17) is 11.1 Å². The first-order chi connectivity index (χ1) is 8.66. The van der Waals surface area contributed by atoms with Crippen LogP contribution in [0.5, 0.6) is 0 Å². The van der Waals surface area contributed by atoms with E-state index < -0.39 is 0 Å². The van der Waals surface area contributed by atoms with Crippen molar-refractivity contribution in [2.75, 3.05) is 0 Å². The zero-order valence-electron chi connectivity index (χ0n) is 9.60. The normalized spacial score (nSPS) is 11.3. The lowest BCUT2D eigenvalue weighted by molar-refractivity contribution is 1.39. The molecule has 4 heteroatoms. The van der Waals surface area contributed by atoms with Crippen LogP contribution in [-0.2, 0) is 0 Å². The Morgan fingerprint density at radius 2 is 1.67 bits per heavy atom. The fourth-order valence-corrected chi connectivity index (χ4v) is 1.89. The van der Waals surface area contributed by atoms with Crippen LogP contribution >= 0.6 is 15.9 Å². The van der Waals surface area contributed by atoms with Crippen LogP contribution in [0, 0.1) is 5.41 Å². The average molecular weight is 302 g/mol. The molecule has 0 radical (unpaired) electrons. The van der Waals surface area contributed by atoms with Gasteiger partial charge >= 0.3 is 0 Å². The quantitative estimate of drug-likeness (QED) is 0.649. The molecule has 3 nitrogen and oxygen atoms in total. The molecule has 0 bridgehead atoms. The van der Waals surface area contributed by atoms with Crippen molar-refractivity contribution < 1.29 is 0 Å². The second-order valence-corrected chi connectivity index (χ2v) is 4.64. The molecule has 0 aliphatic rings. The van der Waals surface area contributed by atoms with Crippen LogP contribution in [0.15, 0.2) is 64.1 Å². The van der Waals surface area contributed by atoms with E-state index in [0.717, 1.165) is 15.6 Å². The molecule has 0 saturated carbocycles. The Morgan fingerprint density at radius 3 is 2.33 bits per heavy atom. The highest BCUT2D eigenvalue weighted by Gasteiger charge is 2.03. The van der Waals surface area contributed by atoms with Crippen molar-refractivity contribution >= 4 is 27.6 Å². The Balaban J connectivity index is 2.26. The molecule has 0 atom stereocenters. The Hall–Kier alpha value is -1.94. The van der Waals surface area contributed by atoms with Crippen LogP contribution in [0.2, 0.25) is 0 Å². The standard InChI is InChI=1S/C14H12BrN3/c15-12-8-4-7-11(9-12)14(17)18-13(16)10-5-2-1-3-6-10/h1-9H,(H3,16,17,18). The van der Waals surface area contributed by atoms with Gasteiger partial charge in [-0.05, 0) is 12.1 Å². The van der Waals surface area contributed by atoms with Crippen LogP contribution < -0.4 is 5.73 Å². The van der Waals surface area contributed by atoms with Gasteiger partial charge < -0.3 is 5.73 Å². The predicted molar refractivity (Wildman–Crippen MR) is 78.1 cm³/mol. The van der Waals surface area contributed by atoms with Crippen LogP contribution in [0.4, 0.5) is 0 Å². The maximum Gasteiger partial charge on any atom is 0.154 e. The third-order valence-electron chi connectivity index (χ3n) is 2.40. The fourth-order valence-electron chi connectivity index (χ4n) is 1.49. The molecular formula is C14H12BrN3. The molecule has 0 amide bonds. The molecule has 18 heavy (non-hydrogen) atoms. The second kappa shape index (κ2) is 5.60. The van der Waals surface area contributed by atoms with Crippen molar-refractivity contribution in [2.45, 2.75) is 0 Å². The van der Waals surface area contributed by atoms with Crippen molar-refractivity contribution in [2.24, 2.45) is 10.7 Å². The van der Waals surface area contributed by atoms with Gasteiger partial charge in [-0.1, -0.05) is 58.4 Å². The molecule has 0 unspecified atom stereocenters. The zero-order chi connectivity index (χ0) is 13.0. The summed E-state index contributed by atoms with van der Waals surface area (Å²) in [6.07, 6.45) is 0. The van der Waals surface area contributed by atoms with E-state index in [1.807, 2.05) is 54.6 Å². The summed E-state index contributed by atoms with van der Waals surface area (Å²) in [6.45, 7) is 0. The van der Waals surface area contributed by atoms with Gasteiger partial charge in [0, 0.05) is 15.6 Å². The summed E-state index contributed by atoms with van der Waals surface area (Å²) in [5, 5.41) is 7.92. The lowest BCUT2D eigenvalue weighted by atomic mass is 10.2. The van der Waals surface area contributed by atoms with E-state index in [-0.39, 0.29) is 5.84 Å². The highest BCUT2D eigenvalue weighted by atomic mass is 79.9. The van der Waals surface area contributed by atoms with Gasteiger partial charge in [0.2, 0.25) is 0 Å². The molecule has 0 fully saturated rings. The maximum absolute atomic E-state index is 7.92. The van der Waals surface area contributed by atoms with Gasteiger partial charge in [-0.2, -0.15) is 0 Å². The molecule has 2 aromatic rings.